The molecule has 0 aliphatic heterocycles. The summed E-state index contributed by atoms with van der Waals surface area (Å²) in [5.41, 5.74) is -0.619. The molecule has 0 bridgehead atoms. The van der Waals surface area contributed by atoms with Crippen LogP contribution in [0, 0.1) is 0 Å². The number of sulfonamides is 1. The minimum Gasteiger partial charge on any atom is -0.473 e. The predicted octanol–water partition coefficient (Wildman–Crippen LogP) is 1.72. The third-order valence-corrected chi connectivity index (χ3v) is 3.24. The highest BCUT2D eigenvalue weighted by molar-refractivity contribution is 7.89. The Bertz CT molecular complexity index is 833. The van der Waals surface area contributed by atoms with Crippen molar-refractivity contribution in [1.29, 1.82) is 0 Å². The van der Waals surface area contributed by atoms with Gasteiger partial charge in [-0.05, 0) is 24.3 Å². The molecule has 0 amide bonds. The Labute approximate surface area is 114 Å². The lowest BCUT2D eigenvalue weighted by molar-refractivity contribution is 0.533. The van der Waals surface area contributed by atoms with Gasteiger partial charge in [-0.1, -0.05) is 18.2 Å². The monoisotopic (exact) mass is 293 g/mol. The van der Waals surface area contributed by atoms with E-state index in [1.54, 1.807) is 36.8 Å². The minimum absolute atomic E-state index is 0.329. The maximum absolute atomic E-state index is 11.3. The second-order valence-electron chi connectivity index (χ2n) is 3.77. The second-order valence-corrected chi connectivity index (χ2v) is 5.30. The smallest absolute Gasteiger partial charge is 0.356 e. The van der Waals surface area contributed by atoms with Crippen LogP contribution in [0.1, 0.15) is 0 Å². The van der Waals surface area contributed by atoms with E-state index < -0.39 is 20.5 Å². The SMILES string of the molecule is NS(=O)(=O)c1cc2ccccc2oc1=O.c1ccoc1. The van der Waals surface area contributed by atoms with Crippen molar-refractivity contribution in [2.75, 3.05) is 0 Å². The van der Waals surface area contributed by atoms with Crippen LogP contribution in [0.5, 0.6) is 0 Å². The molecule has 1 aromatic carbocycles. The van der Waals surface area contributed by atoms with Crippen molar-refractivity contribution in [3.8, 4) is 0 Å². The van der Waals surface area contributed by atoms with Crippen LogP contribution >= 0.6 is 0 Å². The van der Waals surface area contributed by atoms with Crippen LogP contribution in [0.3, 0.4) is 0 Å². The van der Waals surface area contributed by atoms with Crippen LogP contribution in [-0.2, 0) is 10.0 Å². The molecule has 0 radical (unpaired) electrons. The number of primary sulfonamides is 1. The number of benzene rings is 1. The molecule has 0 atom stereocenters. The number of rotatable bonds is 1. The summed E-state index contributed by atoms with van der Waals surface area (Å²) in [5.74, 6) is 0. The highest BCUT2D eigenvalue weighted by atomic mass is 32.2. The quantitative estimate of drug-likeness (QED) is 0.688. The van der Waals surface area contributed by atoms with Gasteiger partial charge in [-0.15, -0.1) is 0 Å². The number of furan rings is 1. The lowest BCUT2D eigenvalue weighted by atomic mass is 10.2. The molecule has 0 fully saturated rings. The fourth-order valence-electron chi connectivity index (χ4n) is 1.47. The molecule has 2 heterocycles. The second kappa shape index (κ2) is 5.72. The molecule has 2 N–H and O–H groups in total. The molecule has 0 spiro atoms. The minimum atomic E-state index is -4.03. The largest absolute Gasteiger partial charge is 0.473 e. The van der Waals surface area contributed by atoms with Crippen LogP contribution in [-0.4, -0.2) is 8.42 Å². The first-order chi connectivity index (χ1) is 9.48. The zero-order chi connectivity index (χ0) is 14.6. The van der Waals surface area contributed by atoms with Gasteiger partial charge in [-0.2, -0.15) is 0 Å². The fourth-order valence-corrected chi connectivity index (χ4v) is 2.03. The van der Waals surface area contributed by atoms with Gasteiger partial charge in [-0.25, -0.2) is 18.4 Å². The summed E-state index contributed by atoms with van der Waals surface area (Å²) in [6.07, 6.45) is 3.25. The van der Waals surface area contributed by atoms with E-state index in [1.807, 2.05) is 12.1 Å². The van der Waals surface area contributed by atoms with Gasteiger partial charge in [-0.3, -0.25) is 0 Å². The molecule has 6 nitrogen and oxygen atoms in total. The molecular formula is C13H11NO5S. The highest BCUT2D eigenvalue weighted by Crippen LogP contribution is 2.14. The Morgan fingerprint density at radius 3 is 2.20 bits per heavy atom. The van der Waals surface area contributed by atoms with Crippen LogP contribution in [0.25, 0.3) is 11.0 Å². The van der Waals surface area contributed by atoms with E-state index in [1.165, 1.54) is 6.07 Å². The van der Waals surface area contributed by atoms with Gasteiger partial charge in [0.15, 0.2) is 4.90 Å². The van der Waals surface area contributed by atoms with Crippen LogP contribution in [0.4, 0.5) is 0 Å². The summed E-state index contributed by atoms with van der Waals surface area (Å²) in [6.45, 7) is 0. The van der Waals surface area contributed by atoms with Crippen molar-refractivity contribution in [2.45, 2.75) is 4.90 Å². The van der Waals surface area contributed by atoms with Crippen molar-refractivity contribution in [1.82, 2.24) is 0 Å². The Kier molecular flexibility index (Phi) is 4.02. The van der Waals surface area contributed by atoms with Gasteiger partial charge < -0.3 is 8.83 Å². The maximum Gasteiger partial charge on any atom is 0.356 e. The van der Waals surface area contributed by atoms with E-state index in [9.17, 15) is 13.2 Å². The zero-order valence-electron chi connectivity index (χ0n) is 10.2. The molecule has 0 saturated heterocycles. The Morgan fingerprint density at radius 2 is 1.65 bits per heavy atom. The van der Waals surface area contributed by atoms with E-state index in [2.05, 4.69) is 4.42 Å². The Hall–Kier alpha value is -2.38. The highest BCUT2D eigenvalue weighted by Gasteiger charge is 2.15. The molecule has 3 rings (SSSR count). The fraction of sp³-hybridized carbons (Fsp3) is 0. The first-order valence-electron chi connectivity index (χ1n) is 5.51. The summed E-state index contributed by atoms with van der Waals surface area (Å²) in [4.78, 5) is 10.7. The van der Waals surface area contributed by atoms with Crippen LogP contribution < -0.4 is 10.8 Å². The van der Waals surface area contributed by atoms with Gasteiger partial charge in [0.05, 0.1) is 12.5 Å². The molecule has 20 heavy (non-hydrogen) atoms. The van der Waals surface area contributed by atoms with Gasteiger partial charge >= 0.3 is 5.63 Å². The molecule has 7 heteroatoms. The summed E-state index contributed by atoms with van der Waals surface area (Å²) >= 11 is 0. The third kappa shape index (κ3) is 3.34. The molecule has 2 aromatic heterocycles. The molecular weight excluding hydrogens is 282 g/mol. The molecule has 104 valence electrons. The lowest BCUT2D eigenvalue weighted by Crippen LogP contribution is -2.20. The topological polar surface area (TPSA) is 104 Å². The molecule has 3 aromatic rings. The van der Waals surface area contributed by atoms with E-state index >= 15 is 0 Å². The molecule has 0 saturated carbocycles. The summed E-state index contributed by atoms with van der Waals surface area (Å²) in [7, 11) is -4.03. The van der Waals surface area contributed by atoms with Crippen LogP contribution in [0.2, 0.25) is 0 Å². The number of hydrogen-bond acceptors (Lipinski definition) is 5. The first kappa shape index (κ1) is 14.0. The Morgan fingerprint density at radius 1 is 1.00 bits per heavy atom. The van der Waals surface area contributed by atoms with E-state index in [0.29, 0.717) is 11.0 Å². The van der Waals surface area contributed by atoms with E-state index in [0.717, 1.165) is 0 Å². The van der Waals surface area contributed by atoms with Gasteiger partial charge in [0.1, 0.15) is 5.58 Å². The predicted molar refractivity (Wildman–Crippen MR) is 72.6 cm³/mol. The normalized spacial score (nSPS) is 10.8. The van der Waals surface area contributed by atoms with Crippen molar-refractivity contribution < 1.29 is 17.3 Å². The summed E-state index contributed by atoms with van der Waals surface area (Å²) in [5, 5.41) is 5.38. The number of para-hydroxylation sites is 1. The van der Waals surface area contributed by atoms with Gasteiger partial charge in [0.25, 0.3) is 0 Å². The number of fused-ring (bicyclic) bond motifs is 1. The third-order valence-electron chi connectivity index (χ3n) is 2.34. The summed E-state index contributed by atoms with van der Waals surface area (Å²) in [6, 6.07) is 11.5. The van der Waals surface area contributed by atoms with Crippen molar-refractivity contribution >= 4 is 21.0 Å². The Balaban J connectivity index is 0.000000247. The van der Waals surface area contributed by atoms with Crippen molar-refractivity contribution in [3.05, 3.63) is 65.4 Å². The van der Waals surface area contributed by atoms with Gasteiger partial charge in [0, 0.05) is 5.39 Å². The zero-order valence-corrected chi connectivity index (χ0v) is 11.0. The van der Waals surface area contributed by atoms with E-state index in [-0.39, 0.29) is 0 Å². The molecule has 0 aliphatic rings. The molecule has 0 unspecified atom stereocenters. The van der Waals surface area contributed by atoms with Crippen LogP contribution in [0.15, 0.2) is 73.5 Å². The van der Waals surface area contributed by atoms with E-state index in [4.69, 9.17) is 9.56 Å². The average Bonchev–Trinajstić information content (AvgIpc) is 2.95. The lowest BCUT2D eigenvalue weighted by Gasteiger charge is -1.98. The van der Waals surface area contributed by atoms with Gasteiger partial charge in [0.2, 0.25) is 10.0 Å². The van der Waals surface area contributed by atoms with Crippen molar-refractivity contribution in [2.24, 2.45) is 5.14 Å². The first-order valence-corrected chi connectivity index (χ1v) is 7.06. The van der Waals surface area contributed by atoms with Crippen molar-refractivity contribution in [3.63, 3.8) is 0 Å². The molecule has 0 aliphatic carbocycles. The summed E-state index contributed by atoms with van der Waals surface area (Å²) < 4.78 is 31.4. The maximum atomic E-state index is 11.3. The number of hydrogen-bond donors (Lipinski definition) is 1. The average molecular weight is 293 g/mol. The standard InChI is InChI=1S/C9H7NO4S.C4H4O/c10-15(12,13)8-5-6-3-1-2-4-7(6)14-9(8)11;1-2-4-5-3-1/h1-5H,(H2,10,12,13);1-4H. The number of nitrogens with two attached hydrogens (primary N) is 1.